The maximum absolute atomic E-state index is 12.3. The second-order valence-corrected chi connectivity index (χ2v) is 7.87. The molecule has 0 aliphatic heterocycles. The van der Waals surface area contributed by atoms with E-state index in [2.05, 4.69) is 21.4 Å². The molecule has 0 saturated heterocycles. The van der Waals surface area contributed by atoms with E-state index in [9.17, 15) is 9.59 Å². The Bertz CT molecular complexity index is 1150. The molecule has 0 bridgehead atoms. The number of nitrogens with zero attached hydrogens (tertiary/aromatic N) is 3. The molecule has 0 spiro atoms. The van der Waals surface area contributed by atoms with E-state index in [-0.39, 0.29) is 23.3 Å². The van der Waals surface area contributed by atoms with Crippen LogP contribution in [0.2, 0.25) is 0 Å². The molecule has 1 N–H and O–H groups in total. The van der Waals surface area contributed by atoms with Crippen molar-refractivity contribution in [1.82, 2.24) is 9.72 Å². The Labute approximate surface area is 174 Å². The van der Waals surface area contributed by atoms with Gasteiger partial charge in [-0.1, -0.05) is 22.4 Å². The summed E-state index contributed by atoms with van der Waals surface area (Å²) in [4.78, 5) is 28.9. The Morgan fingerprint density at radius 3 is 2.93 bits per heavy atom. The monoisotopic (exact) mass is 430 g/mol. The van der Waals surface area contributed by atoms with Crippen LogP contribution in [-0.4, -0.2) is 40.2 Å². The molecule has 0 saturated carbocycles. The average Bonchev–Trinajstić information content (AvgIpc) is 3.24. The number of aryl methyl sites for hydroxylation is 1. The molecule has 1 aromatic carbocycles. The van der Waals surface area contributed by atoms with Crippen molar-refractivity contribution in [3.63, 3.8) is 0 Å². The average molecular weight is 431 g/mol. The number of anilines is 1. The lowest BCUT2D eigenvalue weighted by atomic mass is 10.3. The molecule has 150 valence electrons. The van der Waals surface area contributed by atoms with Crippen molar-refractivity contribution in [2.45, 2.75) is 13.5 Å². The summed E-state index contributed by atoms with van der Waals surface area (Å²) in [5.41, 5.74) is 0.884. The van der Waals surface area contributed by atoms with E-state index in [4.69, 9.17) is 15.7 Å². The van der Waals surface area contributed by atoms with Gasteiger partial charge in [0.15, 0.2) is 10.6 Å². The molecular formula is C19H18N4O4S2. The summed E-state index contributed by atoms with van der Waals surface area (Å²) in [6.07, 6.45) is 5.47. The number of carbonyl (C=O) groups excluding carboxylic acids is 2. The first-order valence-corrected chi connectivity index (χ1v) is 10.5. The third-order valence-corrected chi connectivity index (χ3v) is 5.67. The number of terminal acetylenes is 1. The minimum atomic E-state index is -0.343. The molecule has 0 aliphatic rings. The van der Waals surface area contributed by atoms with Gasteiger partial charge in [-0.05, 0) is 25.1 Å². The number of hydrogen-bond acceptors (Lipinski definition) is 7. The summed E-state index contributed by atoms with van der Waals surface area (Å²) in [5, 5.41) is 6.28. The van der Waals surface area contributed by atoms with Gasteiger partial charge in [-0.3, -0.25) is 9.59 Å². The van der Waals surface area contributed by atoms with Gasteiger partial charge in [0.1, 0.15) is 11.5 Å². The fourth-order valence-corrected chi connectivity index (χ4v) is 4.16. The van der Waals surface area contributed by atoms with E-state index in [1.54, 1.807) is 20.1 Å². The topological polar surface area (TPSA) is 98.7 Å². The molecule has 8 nitrogen and oxygen atoms in total. The highest BCUT2D eigenvalue weighted by atomic mass is 32.2. The minimum Gasteiger partial charge on any atom is -0.497 e. The Hall–Kier alpha value is -3.03. The van der Waals surface area contributed by atoms with Crippen molar-refractivity contribution in [3.8, 4) is 18.1 Å². The van der Waals surface area contributed by atoms with Gasteiger partial charge in [0, 0.05) is 6.07 Å². The number of thiazole rings is 1. The predicted octanol–water partition coefficient (Wildman–Crippen LogP) is 2.44. The first kappa shape index (κ1) is 20.7. The number of carbonyl (C=O) groups is 2. The highest BCUT2D eigenvalue weighted by Crippen LogP contribution is 2.23. The molecular weight excluding hydrogens is 412 g/mol. The fourth-order valence-electron chi connectivity index (χ4n) is 2.48. The number of hydrogen-bond donors (Lipinski definition) is 1. The van der Waals surface area contributed by atoms with E-state index in [0.29, 0.717) is 28.7 Å². The second-order valence-electron chi connectivity index (χ2n) is 5.88. The second kappa shape index (κ2) is 9.45. The molecule has 2 heterocycles. The number of benzene rings is 1. The molecule has 3 aromatic rings. The zero-order valence-corrected chi connectivity index (χ0v) is 17.4. The molecule has 0 aliphatic carbocycles. The van der Waals surface area contributed by atoms with Crippen LogP contribution in [0.1, 0.15) is 5.76 Å². The lowest BCUT2D eigenvalue weighted by Gasteiger charge is -2.02. The van der Waals surface area contributed by atoms with Crippen LogP contribution in [0.5, 0.6) is 5.75 Å². The van der Waals surface area contributed by atoms with E-state index in [1.165, 1.54) is 23.1 Å². The molecule has 0 radical (unpaired) electrons. The lowest BCUT2D eigenvalue weighted by molar-refractivity contribution is -0.115. The quantitative estimate of drug-likeness (QED) is 0.578. The zero-order chi connectivity index (χ0) is 20.8. The number of thioether (sulfide) groups is 1. The largest absolute Gasteiger partial charge is 0.497 e. The van der Waals surface area contributed by atoms with Gasteiger partial charge >= 0.3 is 0 Å². The summed E-state index contributed by atoms with van der Waals surface area (Å²) >= 11 is 2.53. The standard InChI is InChI=1S/C19H18N4O4S2/c1-4-7-23-14-6-5-13(26-3)9-15(14)29-19(23)21-18(25)11-28-10-17(24)20-16-8-12(2)27-22-16/h1,5-6,8-9H,7,10-11H2,2-3H3,(H,20,22,24). The predicted molar refractivity (Wildman–Crippen MR) is 113 cm³/mol. The highest BCUT2D eigenvalue weighted by Gasteiger charge is 2.10. The van der Waals surface area contributed by atoms with Crippen molar-refractivity contribution in [1.29, 1.82) is 0 Å². The first-order chi connectivity index (χ1) is 14.0. The van der Waals surface area contributed by atoms with Gasteiger partial charge in [0.05, 0.1) is 35.4 Å². The molecule has 0 unspecified atom stereocenters. The Morgan fingerprint density at radius 2 is 2.24 bits per heavy atom. The number of methoxy groups -OCH3 is 1. The lowest BCUT2D eigenvalue weighted by Crippen LogP contribution is -2.18. The normalized spacial score (nSPS) is 11.4. The summed E-state index contributed by atoms with van der Waals surface area (Å²) in [7, 11) is 1.59. The number of amides is 2. The van der Waals surface area contributed by atoms with Gasteiger partial charge in [-0.25, -0.2) is 0 Å². The summed E-state index contributed by atoms with van der Waals surface area (Å²) in [6.45, 7) is 2.03. The number of aromatic nitrogens is 2. The van der Waals surface area contributed by atoms with Crippen LogP contribution in [0.25, 0.3) is 10.2 Å². The van der Waals surface area contributed by atoms with Crippen LogP contribution in [0, 0.1) is 19.3 Å². The highest BCUT2D eigenvalue weighted by molar-refractivity contribution is 8.00. The number of ether oxygens (including phenoxy) is 1. The van der Waals surface area contributed by atoms with E-state index in [1.807, 2.05) is 22.8 Å². The maximum atomic E-state index is 12.3. The summed E-state index contributed by atoms with van der Waals surface area (Å²) < 4.78 is 12.8. The summed E-state index contributed by atoms with van der Waals surface area (Å²) in [5.74, 6) is 3.80. The van der Waals surface area contributed by atoms with Crippen molar-refractivity contribution in [3.05, 3.63) is 34.8 Å². The van der Waals surface area contributed by atoms with E-state index >= 15 is 0 Å². The molecule has 0 atom stereocenters. The molecule has 10 heteroatoms. The molecule has 29 heavy (non-hydrogen) atoms. The Balaban J connectivity index is 1.66. The number of rotatable bonds is 7. The maximum Gasteiger partial charge on any atom is 0.258 e. The van der Waals surface area contributed by atoms with Gasteiger partial charge < -0.3 is 19.1 Å². The zero-order valence-electron chi connectivity index (χ0n) is 15.8. The van der Waals surface area contributed by atoms with E-state index < -0.39 is 0 Å². The third kappa shape index (κ3) is 5.28. The Morgan fingerprint density at radius 1 is 1.41 bits per heavy atom. The first-order valence-electron chi connectivity index (χ1n) is 8.49. The van der Waals surface area contributed by atoms with Gasteiger partial charge in [0.25, 0.3) is 5.91 Å². The molecule has 0 fully saturated rings. The van der Waals surface area contributed by atoms with Crippen molar-refractivity contribution >= 4 is 50.9 Å². The molecule has 2 amide bonds. The fraction of sp³-hybridized carbons (Fsp3) is 0.263. The number of fused-ring (bicyclic) bond motifs is 1. The van der Waals surface area contributed by atoms with Crippen LogP contribution in [0.15, 0.2) is 33.8 Å². The van der Waals surface area contributed by atoms with Gasteiger partial charge in [0.2, 0.25) is 5.91 Å². The third-order valence-electron chi connectivity index (χ3n) is 3.71. The molecule has 2 aromatic heterocycles. The van der Waals surface area contributed by atoms with Crippen LogP contribution in [-0.2, 0) is 16.1 Å². The van der Waals surface area contributed by atoms with Crippen molar-refractivity contribution < 1.29 is 18.8 Å². The van der Waals surface area contributed by atoms with Crippen LogP contribution >= 0.6 is 23.1 Å². The Kier molecular flexibility index (Phi) is 6.74. The van der Waals surface area contributed by atoms with Crippen molar-refractivity contribution in [2.24, 2.45) is 4.99 Å². The van der Waals surface area contributed by atoms with Crippen LogP contribution in [0.3, 0.4) is 0 Å². The smallest absolute Gasteiger partial charge is 0.258 e. The van der Waals surface area contributed by atoms with Gasteiger partial charge in [-0.2, -0.15) is 4.99 Å². The van der Waals surface area contributed by atoms with Gasteiger partial charge in [-0.15, -0.1) is 18.2 Å². The number of nitrogens with one attached hydrogen (secondary N) is 1. The van der Waals surface area contributed by atoms with E-state index in [0.717, 1.165) is 10.2 Å². The summed E-state index contributed by atoms with van der Waals surface area (Å²) in [6, 6.07) is 7.21. The van der Waals surface area contributed by atoms with Crippen LogP contribution in [0.4, 0.5) is 5.82 Å². The van der Waals surface area contributed by atoms with Crippen LogP contribution < -0.4 is 14.9 Å². The SMILES string of the molecule is C#CCn1c(=NC(=O)CSCC(=O)Nc2cc(C)on2)sc2cc(OC)ccc21. The van der Waals surface area contributed by atoms with Crippen molar-refractivity contribution in [2.75, 3.05) is 23.9 Å². The molecule has 3 rings (SSSR count). The minimum absolute atomic E-state index is 0.0683.